The van der Waals surface area contributed by atoms with E-state index in [1.54, 1.807) is 13.8 Å². The van der Waals surface area contributed by atoms with Crippen LogP contribution in [-0.4, -0.2) is 40.7 Å². The van der Waals surface area contributed by atoms with Crippen LogP contribution in [0.2, 0.25) is 0 Å². The maximum absolute atomic E-state index is 14.3. The second-order valence-corrected chi connectivity index (χ2v) is 6.96. The van der Waals surface area contributed by atoms with Crippen LogP contribution in [-0.2, 0) is 16.0 Å². The SMILES string of the molecule is CCOC(=O)c1nn(CC(=O)c2ccc(C)c(F)c2F)c(C(=O)OCC)c1C1CC1. The van der Waals surface area contributed by atoms with Crippen molar-refractivity contribution in [1.29, 1.82) is 0 Å². The molecule has 2 aromatic rings. The molecule has 160 valence electrons. The van der Waals surface area contributed by atoms with Gasteiger partial charge in [0.05, 0.1) is 18.8 Å². The minimum absolute atomic E-state index is 0.0382. The van der Waals surface area contributed by atoms with E-state index in [0.717, 1.165) is 17.5 Å². The minimum Gasteiger partial charge on any atom is -0.461 e. The van der Waals surface area contributed by atoms with E-state index in [1.165, 1.54) is 19.1 Å². The van der Waals surface area contributed by atoms with Crippen molar-refractivity contribution in [1.82, 2.24) is 9.78 Å². The van der Waals surface area contributed by atoms with Crippen molar-refractivity contribution in [3.05, 3.63) is 51.8 Å². The molecular weight excluding hydrogens is 398 g/mol. The summed E-state index contributed by atoms with van der Waals surface area (Å²) >= 11 is 0. The third-order valence-electron chi connectivity index (χ3n) is 4.78. The molecule has 1 fully saturated rings. The molecule has 0 aliphatic heterocycles. The molecule has 1 saturated carbocycles. The molecule has 0 spiro atoms. The predicted octanol–water partition coefficient (Wildman–Crippen LogP) is 3.58. The standard InChI is InChI=1S/C21H22F2N2O5/c1-4-29-20(27)18-15(12-7-8-12)19(21(28)30-5-2)25(24-18)10-14(26)13-9-6-11(3)16(22)17(13)23/h6,9,12H,4-5,7-8,10H2,1-3H3. The van der Waals surface area contributed by atoms with Gasteiger partial charge in [0.15, 0.2) is 28.8 Å². The van der Waals surface area contributed by atoms with Gasteiger partial charge in [0.1, 0.15) is 6.54 Å². The van der Waals surface area contributed by atoms with Crippen LogP contribution in [0.1, 0.15) is 75.1 Å². The molecule has 0 saturated heterocycles. The van der Waals surface area contributed by atoms with Gasteiger partial charge in [-0.3, -0.25) is 4.79 Å². The van der Waals surface area contributed by atoms with Gasteiger partial charge < -0.3 is 9.47 Å². The summed E-state index contributed by atoms with van der Waals surface area (Å²) in [4.78, 5) is 37.7. The number of halogens is 2. The highest BCUT2D eigenvalue weighted by molar-refractivity contribution is 5.99. The Kier molecular flexibility index (Phi) is 6.28. The Labute approximate surface area is 172 Å². The lowest BCUT2D eigenvalue weighted by atomic mass is 10.1. The van der Waals surface area contributed by atoms with Gasteiger partial charge in [-0.2, -0.15) is 5.10 Å². The van der Waals surface area contributed by atoms with Gasteiger partial charge in [0, 0.05) is 5.56 Å². The lowest BCUT2D eigenvalue weighted by Crippen LogP contribution is -2.20. The number of hydrogen-bond acceptors (Lipinski definition) is 6. The lowest BCUT2D eigenvalue weighted by Gasteiger charge is -2.09. The number of aryl methyl sites for hydroxylation is 1. The highest BCUT2D eigenvalue weighted by Gasteiger charge is 2.38. The smallest absolute Gasteiger partial charge is 0.359 e. The highest BCUT2D eigenvalue weighted by Crippen LogP contribution is 2.44. The highest BCUT2D eigenvalue weighted by atomic mass is 19.2. The third-order valence-corrected chi connectivity index (χ3v) is 4.78. The molecule has 1 aromatic heterocycles. The molecule has 30 heavy (non-hydrogen) atoms. The number of aromatic nitrogens is 2. The number of carbonyl (C=O) groups is 3. The molecule has 1 aliphatic carbocycles. The van der Waals surface area contributed by atoms with E-state index in [-0.39, 0.29) is 36.1 Å². The zero-order valence-corrected chi connectivity index (χ0v) is 17.0. The topological polar surface area (TPSA) is 87.5 Å². The Balaban J connectivity index is 2.06. The van der Waals surface area contributed by atoms with Gasteiger partial charge in [0.2, 0.25) is 0 Å². The van der Waals surface area contributed by atoms with E-state index in [1.807, 2.05) is 0 Å². The first-order chi connectivity index (χ1) is 14.3. The zero-order valence-electron chi connectivity index (χ0n) is 17.0. The first-order valence-electron chi connectivity index (χ1n) is 9.72. The lowest BCUT2D eigenvalue weighted by molar-refractivity contribution is 0.0505. The van der Waals surface area contributed by atoms with E-state index in [2.05, 4.69) is 5.10 Å². The third kappa shape index (κ3) is 4.10. The summed E-state index contributed by atoms with van der Waals surface area (Å²) in [6, 6.07) is 2.47. The number of ether oxygens (including phenoxy) is 2. The van der Waals surface area contributed by atoms with Gasteiger partial charge >= 0.3 is 11.9 Å². The maximum atomic E-state index is 14.3. The van der Waals surface area contributed by atoms with E-state index >= 15 is 0 Å². The Bertz CT molecular complexity index is 1010. The van der Waals surface area contributed by atoms with Crippen molar-refractivity contribution in [2.24, 2.45) is 0 Å². The number of benzene rings is 1. The monoisotopic (exact) mass is 420 g/mol. The van der Waals surface area contributed by atoms with Gasteiger partial charge in [-0.25, -0.2) is 23.1 Å². The average molecular weight is 420 g/mol. The van der Waals surface area contributed by atoms with Crippen molar-refractivity contribution in [3.8, 4) is 0 Å². The van der Waals surface area contributed by atoms with Crippen molar-refractivity contribution >= 4 is 17.7 Å². The molecule has 0 N–H and O–H groups in total. The average Bonchev–Trinajstić information content (AvgIpc) is 3.47. The second-order valence-electron chi connectivity index (χ2n) is 6.96. The van der Waals surface area contributed by atoms with Crippen LogP contribution >= 0.6 is 0 Å². The number of hydrogen-bond donors (Lipinski definition) is 0. The summed E-state index contributed by atoms with van der Waals surface area (Å²) in [7, 11) is 0. The fourth-order valence-corrected chi connectivity index (χ4v) is 3.20. The number of esters is 2. The Hall–Kier alpha value is -3.10. The van der Waals surface area contributed by atoms with Gasteiger partial charge in [0.25, 0.3) is 0 Å². The molecule has 0 bridgehead atoms. The Morgan fingerprint density at radius 1 is 1.07 bits per heavy atom. The quantitative estimate of drug-likeness (QED) is 0.479. The number of nitrogens with zero attached hydrogens (tertiary/aromatic N) is 2. The van der Waals surface area contributed by atoms with E-state index in [4.69, 9.17) is 9.47 Å². The first-order valence-corrected chi connectivity index (χ1v) is 9.72. The number of rotatable bonds is 8. The fraction of sp³-hybridized carbons (Fsp3) is 0.429. The van der Waals surface area contributed by atoms with Crippen LogP contribution in [0.25, 0.3) is 0 Å². The molecule has 0 radical (unpaired) electrons. The van der Waals surface area contributed by atoms with Crippen molar-refractivity contribution in [2.45, 2.75) is 46.1 Å². The molecule has 7 nitrogen and oxygen atoms in total. The maximum Gasteiger partial charge on any atom is 0.359 e. The van der Waals surface area contributed by atoms with Crippen LogP contribution in [0, 0.1) is 18.6 Å². The molecule has 3 rings (SSSR count). The largest absolute Gasteiger partial charge is 0.461 e. The fourth-order valence-electron chi connectivity index (χ4n) is 3.20. The summed E-state index contributed by atoms with van der Waals surface area (Å²) in [5, 5.41) is 4.13. The molecule has 1 aromatic carbocycles. The number of ketones is 1. The van der Waals surface area contributed by atoms with Crippen molar-refractivity contribution in [3.63, 3.8) is 0 Å². The van der Waals surface area contributed by atoms with Gasteiger partial charge in [-0.1, -0.05) is 6.07 Å². The summed E-state index contributed by atoms with van der Waals surface area (Å²) < 4.78 is 39.3. The second kappa shape index (κ2) is 8.73. The predicted molar refractivity (Wildman–Crippen MR) is 102 cm³/mol. The van der Waals surface area contributed by atoms with E-state index in [9.17, 15) is 23.2 Å². The van der Waals surface area contributed by atoms with E-state index < -0.39 is 41.5 Å². The normalized spacial score (nSPS) is 13.2. The zero-order chi connectivity index (χ0) is 22.0. The Morgan fingerprint density at radius 3 is 2.30 bits per heavy atom. The molecule has 1 aliphatic rings. The van der Waals surface area contributed by atoms with Crippen LogP contribution in [0.4, 0.5) is 8.78 Å². The summed E-state index contributed by atoms with van der Waals surface area (Å²) in [6.45, 7) is 4.26. The summed E-state index contributed by atoms with van der Waals surface area (Å²) in [6.07, 6.45) is 1.49. The molecule has 1 heterocycles. The molecule has 9 heteroatoms. The number of Topliss-reactive ketones (excluding diaryl/α,β-unsaturated/α-hetero) is 1. The van der Waals surface area contributed by atoms with Gasteiger partial charge in [-0.15, -0.1) is 0 Å². The first kappa shape index (κ1) is 21.6. The molecular formula is C21H22F2N2O5. The van der Waals surface area contributed by atoms with Crippen molar-refractivity contribution in [2.75, 3.05) is 13.2 Å². The molecule has 0 atom stereocenters. The van der Waals surface area contributed by atoms with Crippen LogP contribution in [0.5, 0.6) is 0 Å². The van der Waals surface area contributed by atoms with Crippen molar-refractivity contribution < 1.29 is 32.6 Å². The van der Waals surface area contributed by atoms with Crippen LogP contribution in [0.3, 0.4) is 0 Å². The van der Waals surface area contributed by atoms with Crippen LogP contribution in [0.15, 0.2) is 12.1 Å². The molecule has 0 amide bonds. The summed E-state index contributed by atoms with van der Waals surface area (Å²) in [5.41, 5.74) is -0.130. The van der Waals surface area contributed by atoms with Gasteiger partial charge in [-0.05, 0) is 51.2 Å². The number of carbonyl (C=O) groups excluding carboxylic acids is 3. The summed E-state index contributed by atoms with van der Waals surface area (Å²) in [5.74, 6) is -4.72. The Morgan fingerprint density at radius 2 is 1.70 bits per heavy atom. The molecule has 0 unspecified atom stereocenters. The van der Waals surface area contributed by atoms with E-state index in [0.29, 0.717) is 5.56 Å². The van der Waals surface area contributed by atoms with Crippen LogP contribution < -0.4 is 0 Å². The minimum atomic E-state index is -1.27.